The predicted molar refractivity (Wildman–Crippen MR) is 121 cm³/mol. The number of hydrogen-bond donors (Lipinski definition) is 0. The second kappa shape index (κ2) is 8.94. The second-order valence-corrected chi connectivity index (χ2v) is 10.7. The highest BCUT2D eigenvalue weighted by molar-refractivity contribution is 7.92. The van der Waals surface area contributed by atoms with Gasteiger partial charge >= 0.3 is 5.97 Å². The Morgan fingerprint density at radius 2 is 1.75 bits per heavy atom. The minimum Gasteiger partial charge on any atom is -0.452 e. The molecular formula is C24H28N2O5S. The van der Waals surface area contributed by atoms with Crippen LogP contribution in [-0.2, 0) is 26.0 Å². The van der Waals surface area contributed by atoms with Crippen molar-refractivity contribution < 1.29 is 22.7 Å². The number of carbonyl (C=O) groups excluding carboxylic acids is 2. The summed E-state index contributed by atoms with van der Waals surface area (Å²) in [6.45, 7) is 5.53. The van der Waals surface area contributed by atoms with Gasteiger partial charge in [0.25, 0.3) is 15.9 Å². The molecule has 0 bridgehead atoms. The number of piperidine rings is 1. The summed E-state index contributed by atoms with van der Waals surface area (Å²) in [5.41, 5.74) is 1.74. The normalized spacial score (nSPS) is 20.7. The van der Waals surface area contributed by atoms with Crippen molar-refractivity contribution in [1.29, 1.82) is 0 Å². The monoisotopic (exact) mass is 456 g/mol. The van der Waals surface area contributed by atoms with Gasteiger partial charge in [0.1, 0.15) is 0 Å². The molecule has 8 heteroatoms. The minimum atomic E-state index is -3.82. The SMILES string of the molecule is C[C@H]1C[C@H](C)CN(C(=O)COC(=O)c2cccc(S(=O)(=O)N3CCc4ccccc43)c2)C1. The average Bonchev–Trinajstić information content (AvgIpc) is 3.21. The van der Waals surface area contributed by atoms with E-state index in [1.807, 2.05) is 12.1 Å². The van der Waals surface area contributed by atoms with Crippen molar-refractivity contribution in [3.8, 4) is 0 Å². The summed E-state index contributed by atoms with van der Waals surface area (Å²) < 4.78 is 33.0. The molecule has 2 aromatic carbocycles. The van der Waals surface area contributed by atoms with Crippen molar-refractivity contribution in [2.75, 3.05) is 30.5 Å². The van der Waals surface area contributed by atoms with E-state index in [1.165, 1.54) is 28.6 Å². The molecule has 2 aliphatic heterocycles. The number of benzene rings is 2. The molecule has 7 nitrogen and oxygen atoms in total. The Morgan fingerprint density at radius 1 is 1.03 bits per heavy atom. The topological polar surface area (TPSA) is 84.0 Å². The highest BCUT2D eigenvalue weighted by atomic mass is 32.2. The van der Waals surface area contributed by atoms with Crippen molar-refractivity contribution >= 4 is 27.6 Å². The van der Waals surface area contributed by atoms with Crippen molar-refractivity contribution in [2.24, 2.45) is 11.8 Å². The number of fused-ring (bicyclic) bond motifs is 1. The van der Waals surface area contributed by atoms with Crippen LogP contribution in [0.3, 0.4) is 0 Å². The van der Waals surface area contributed by atoms with Crippen LogP contribution in [0, 0.1) is 11.8 Å². The molecule has 0 aromatic heterocycles. The van der Waals surface area contributed by atoms with Gasteiger partial charge in [0.05, 0.1) is 16.1 Å². The number of hydrogen-bond acceptors (Lipinski definition) is 5. The van der Waals surface area contributed by atoms with E-state index in [0.29, 0.717) is 43.6 Å². The zero-order valence-electron chi connectivity index (χ0n) is 18.4. The number of nitrogens with zero attached hydrogens (tertiary/aromatic N) is 2. The summed E-state index contributed by atoms with van der Waals surface area (Å²) in [6, 6.07) is 13.2. The maximum absolute atomic E-state index is 13.2. The summed E-state index contributed by atoms with van der Waals surface area (Å²) in [7, 11) is -3.82. The summed E-state index contributed by atoms with van der Waals surface area (Å²) in [5, 5.41) is 0. The molecule has 0 N–H and O–H groups in total. The number of carbonyl (C=O) groups is 2. The van der Waals surface area contributed by atoms with E-state index in [0.717, 1.165) is 12.0 Å². The molecule has 1 fully saturated rings. The summed E-state index contributed by atoms with van der Waals surface area (Å²) in [5.74, 6) is -0.114. The Morgan fingerprint density at radius 3 is 2.50 bits per heavy atom. The quantitative estimate of drug-likeness (QED) is 0.646. The van der Waals surface area contributed by atoms with Crippen LogP contribution < -0.4 is 4.31 Å². The molecule has 0 spiro atoms. The van der Waals surface area contributed by atoms with Crippen LogP contribution in [0.25, 0.3) is 0 Å². The third-order valence-electron chi connectivity index (χ3n) is 6.05. The van der Waals surface area contributed by atoms with E-state index in [-0.39, 0.29) is 23.0 Å². The molecule has 0 aliphatic carbocycles. The molecule has 2 atom stereocenters. The van der Waals surface area contributed by atoms with E-state index < -0.39 is 16.0 Å². The highest BCUT2D eigenvalue weighted by Crippen LogP contribution is 2.32. The number of sulfonamides is 1. The van der Waals surface area contributed by atoms with Gasteiger partial charge in [-0.3, -0.25) is 9.10 Å². The third kappa shape index (κ3) is 4.50. The smallest absolute Gasteiger partial charge is 0.338 e. The van der Waals surface area contributed by atoms with Crippen LogP contribution >= 0.6 is 0 Å². The number of esters is 1. The van der Waals surface area contributed by atoms with Crippen LogP contribution in [0.4, 0.5) is 5.69 Å². The summed E-state index contributed by atoms with van der Waals surface area (Å²) >= 11 is 0. The number of anilines is 1. The third-order valence-corrected chi connectivity index (χ3v) is 7.86. The lowest BCUT2D eigenvalue weighted by atomic mass is 9.92. The minimum absolute atomic E-state index is 0.0219. The molecule has 0 unspecified atom stereocenters. The summed E-state index contributed by atoms with van der Waals surface area (Å²) in [4.78, 5) is 26.8. The van der Waals surface area contributed by atoms with Gasteiger partial charge in [0.2, 0.25) is 0 Å². The molecule has 4 rings (SSSR count). The number of amides is 1. The zero-order valence-corrected chi connectivity index (χ0v) is 19.2. The fourth-order valence-corrected chi connectivity index (χ4v) is 6.19. The molecule has 2 aliphatic rings. The molecule has 32 heavy (non-hydrogen) atoms. The van der Waals surface area contributed by atoms with Gasteiger partial charge in [-0.25, -0.2) is 13.2 Å². The van der Waals surface area contributed by atoms with Gasteiger partial charge in [-0.15, -0.1) is 0 Å². The molecule has 2 heterocycles. The molecule has 2 aromatic rings. The number of likely N-dealkylation sites (tertiary alicyclic amines) is 1. The first-order valence-electron chi connectivity index (χ1n) is 10.9. The predicted octanol–water partition coefficient (Wildman–Crippen LogP) is 3.10. The largest absolute Gasteiger partial charge is 0.452 e. The molecule has 1 saturated heterocycles. The standard InChI is InChI=1S/C24H28N2O5S/c1-17-12-18(2)15-25(14-17)23(27)16-31-24(28)20-7-5-8-21(13-20)32(29,30)26-11-10-19-6-3-4-9-22(19)26/h3-9,13,17-18H,10-12,14-16H2,1-2H3/t17-,18-/m0/s1. The first-order valence-corrected chi connectivity index (χ1v) is 12.4. The number of para-hydroxylation sites is 1. The van der Waals surface area contributed by atoms with Gasteiger partial charge in [0.15, 0.2) is 6.61 Å². The Balaban J connectivity index is 1.45. The average molecular weight is 457 g/mol. The van der Waals surface area contributed by atoms with Crippen molar-refractivity contribution in [2.45, 2.75) is 31.6 Å². The van der Waals surface area contributed by atoms with Gasteiger partial charge in [-0.1, -0.05) is 38.1 Å². The Labute approximate surface area is 189 Å². The lowest BCUT2D eigenvalue weighted by Crippen LogP contribution is -2.44. The lowest BCUT2D eigenvalue weighted by Gasteiger charge is -2.34. The van der Waals surface area contributed by atoms with Crippen LogP contribution in [-0.4, -0.2) is 51.4 Å². The fourth-order valence-electron chi connectivity index (χ4n) is 4.64. The molecule has 0 saturated carbocycles. The second-order valence-electron chi connectivity index (χ2n) is 8.80. The molecule has 1 amide bonds. The van der Waals surface area contributed by atoms with E-state index in [4.69, 9.17) is 4.74 Å². The van der Waals surface area contributed by atoms with Gasteiger partial charge in [-0.05, 0) is 54.5 Å². The van der Waals surface area contributed by atoms with Crippen molar-refractivity contribution in [1.82, 2.24) is 4.90 Å². The van der Waals surface area contributed by atoms with Crippen LogP contribution in [0.5, 0.6) is 0 Å². The van der Waals surface area contributed by atoms with Crippen LogP contribution in [0.1, 0.15) is 36.2 Å². The first kappa shape index (κ1) is 22.3. The van der Waals surface area contributed by atoms with Crippen LogP contribution in [0.2, 0.25) is 0 Å². The Bertz CT molecular complexity index is 1120. The maximum Gasteiger partial charge on any atom is 0.338 e. The van der Waals surface area contributed by atoms with Crippen LogP contribution in [0.15, 0.2) is 53.4 Å². The zero-order chi connectivity index (χ0) is 22.9. The summed E-state index contributed by atoms with van der Waals surface area (Å²) in [6.07, 6.45) is 1.72. The van der Waals surface area contributed by atoms with Crippen molar-refractivity contribution in [3.63, 3.8) is 0 Å². The van der Waals surface area contributed by atoms with E-state index >= 15 is 0 Å². The van der Waals surface area contributed by atoms with E-state index in [1.54, 1.807) is 17.0 Å². The lowest BCUT2D eigenvalue weighted by molar-refractivity contribution is -0.137. The molecule has 0 radical (unpaired) electrons. The molecular weight excluding hydrogens is 428 g/mol. The van der Waals surface area contributed by atoms with E-state index in [9.17, 15) is 18.0 Å². The number of rotatable bonds is 5. The van der Waals surface area contributed by atoms with E-state index in [2.05, 4.69) is 13.8 Å². The van der Waals surface area contributed by atoms with Gasteiger partial charge in [-0.2, -0.15) is 0 Å². The highest BCUT2D eigenvalue weighted by Gasteiger charge is 2.31. The number of ether oxygens (including phenoxy) is 1. The van der Waals surface area contributed by atoms with Gasteiger partial charge in [0, 0.05) is 19.6 Å². The fraction of sp³-hybridized carbons (Fsp3) is 0.417. The Hall–Kier alpha value is -2.87. The first-order chi connectivity index (χ1) is 15.3. The van der Waals surface area contributed by atoms with Gasteiger partial charge < -0.3 is 9.64 Å². The maximum atomic E-state index is 13.2. The van der Waals surface area contributed by atoms with Crippen molar-refractivity contribution in [3.05, 3.63) is 59.7 Å². The Kier molecular flexibility index (Phi) is 6.24. The molecule has 170 valence electrons.